The monoisotopic (exact) mass is 325 g/mol. The molecule has 2 aromatic carbocycles. The highest BCUT2D eigenvalue weighted by molar-refractivity contribution is 6.31. The van der Waals surface area contributed by atoms with Crippen LogP contribution in [-0.2, 0) is 12.6 Å². The van der Waals surface area contributed by atoms with Gasteiger partial charge in [-0.2, -0.15) is 18.4 Å². The third-order valence-electron chi connectivity index (χ3n) is 3.05. The van der Waals surface area contributed by atoms with Crippen LogP contribution < -0.4 is 4.74 Å². The Labute approximate surface area is 130 Å². The Balaban J connectivity index is 2.36. The summed E-state index contributed by atoms with van der Waals surface area (Å²) >= 11 is 6.00. The van der Waals surface area contributed by atoms with Gasteiger partial charge in [-0.1, -0.05) is 18.5 Å². The first-order valence-corrected chi connectivity index (χ1v) is 6.80. The Hall–Kier alpha value is -2.19. The van der Waals surface area contributed by atoms with Gasteiger partial charge >= 0.3 is 6.18 Å². The first-order valence-electron chi connectivity index (χ1n) is 6.42. The van der Waals surface area contributed by atoms with Crippen molar-refractivity contribution in [3.05, 3.63) is 58.1 Å². The fraction of sp³-hybridized carbons (Fsp3) is 0.188. The molecule has 2 aromatic rings. The second-order valence-corrected chi connectivity index (χ2v) is 4.94. The van der Waals surface area contributed by atoms with Crippen molar-refractivity contribution >= 4 is 11.6 Å². The van der Waals surface area contributed by atoms with Crippen LogP contribution in [0.15, 0.2) is 36.4 Å². The van der Waals surface area contributed by atoms with E-state index in [-0.39, 0.29) is 11.3 Å². The van der Waals surface area contributed by atoms with E-state index < -0.39 is 11.7 Å². The lowest BCUT2D eigenvalue weighted by Gasteiger charge is -2.12. The van der Waals surface area contributed by atoms with Crippen LogP contribution in [0.1, 0.15) is 23.6 Å². The van der Waals surface area contributed by atoms with Gasteiger partial charge in [0.05, 0.1) is 11.1 Å². The minimum atomic E-state index is -4.50. The normalized spacial score (nSPS) is 11.1. The molecule has 0 bridgehead atoms. The summed E-state index contributed by atoms with van der Waals surface area (Å²) in [5.74, 6) is 0.484. The van der Waals surface area contributed by atoms with E-state index in [4.69, 9.17) is 21.6 Å². The van der Waals surface area contributed by atoms with Gasteiger partial charge in [-0.3, -0.25) is 0 Å². The molecule has 0 unspecified atom stereocenters. The molecule has 0 spiro atoms. The molecule has 6 heteroatoms. The molecule has 0 aliphatic heterocycles. The summed E-state index contributed by atoms with van der Waals surface area (Å²) in [6.07, 6.45) is -3.81. The first kappa shape index (κ1) is 16.2. The molecule has 0 aromatic heterocycles. The predicted octanol–water partition coefficient (Wildman–Crippen LogP) is 5.59. The Bertz CT molecular complexity index is 735. The SMILES string of the molecule is CCc1cc(Oc2ccc(C(F)(F)F)cc2C#N)ccc1Cl. The Kier molecular flexibility index (Phi) is 4.62. The molecule has 2 nitrogen and oxygen atoms in total. The van der Waals surface area contributed by atoms with Crippen LogP contribution in [0.5, 0.6) is 11.5 Å². The molecule has 0 aliphatic carbocycles. The van der Waals surface area contributed by atoms with Crippen LogP contribution in [0.4, 0.5) is 13.2 Å². The van der Waals surface area contributed by atoms with Crippen LogP contribution in [0.25, 0.3) is 0 Å². The van der Waals surface area contributed by atoms with E-state index >= 15 is 0 Å². The van der Waals surface area contributed by atoms with Gasteiger partial charge in [-0.25, -0.2) is 0 Å². The fourth-order valence-corrected chi connectivity index (χ4v) is 2.15. The number of nitriles is 1. The molecule has 0 saturated carbocycles. The van der Waals surface area contributed by atoms with Gasteiger partial charge in [0.1, 0.15) is 17.6 Å². The van der Waals surface area contributed by atoms with E-state index in [0.717, 1.165) is 23.8 Å². The zero-order valence-electron chi connectivity index (χ0n) is 11.5. The molecule has 0 heterocycles. The summed E-state index contributed by atoms with van der Waals surface area (Å²) in [6, 6.07) is 9.45. The van der Waals surface area contributed by atoms with E-state index in [9.17, 15) is 13.2 Å². The lowest BCUT2D eigenvalue weighted by molar-refractivity contribution is -0.137. The maximum Gasteiger partial charge on any atom is 0.416 e. The maximum absolute atomic E-state index is 12.6. The highest BCUT2D eigenvalue weighted by atomic mass is 35.5. The molecule has 2 rings (SSSR count). The first-order chi connectivity index (χ1) is 10.3. The summed E-state index contributed by atoms with van der Waals surface area (Å²) in [6.45, 7) is 1.92. The zero-order valence-corrected chi connectivity index (χ0v) is 12.3. The minimum Gasteiger partial charge on any atom is -0.456 e. The smallest absolute Gasteiger partial charge is 0.416 e. The maximum atomic E-state index is 12.6. The molecule has 0 N–H and O–H groups in total. The van der Waals surface area contributed by atoms with Gasteiger partial charge in [-0.15, -0.1) is 0 Å². The quantitative estimate of drug-likeness (QED) is 0.737. The van der Waals surface area contributed by atoms with Crippen LogP contribution in [0.2, 0.25) is 5.02 Å². The van der Waals surface area contributed by atoms with Crippen molar-refractivity contribution in [1.29, 1.82) is 5.26 Å². The number of nitrogens with zero attached hydrogens (tertiary/aromatic N) is 1. The number of benzene rings is 2. The highest BCUT2D eigenvalue weighted by Gasteiger charge is 2.31. The number of alkyl halides is 3. The third-order valence-corrected chi connectivity index (χ3v) is 3.42. The van der Waals surface area contributed by atoms with Crippen molar-refractivity contribution in [3.8, 4) is 17.6 Å². The van der Waals surface area contributed by atoms with Crippen LogP contribution >= 0.6 is 11.6 Å². The molecule has 0 fully saturated rings. The predicted molar refractivity (Wildman–Crippen MR) is 77.1 cm³/mol. The lowest BCUT2D eigenvalue weighted by Crippen LogP contribution is -2.05. The summed E-state index contributed by atoms with van der Waals surface area (Å²) in [5.41, 5.74) is -0.214. The van der Waals surface area contributed by atoms with Crippen molar-refractivity contribution in [3.63, 3.8) is 0 Å². The second-order valence-electron chi connectivity index (χ2n) is 4.53. The summed E-state index contributed by atoms with van der Waals surface area (Å²) in [4.78, 5) is 0. The van der Waals surface area contributed by atoms with E-state index in [0.29, 0.717) is 17.2 Å². The van der Waals surface area contributed by atoms with Gasteiger partial charge in [0.15, 0.2) is 0 Å². The van der Waals surface area contributed by atoms with Crippen molar-refractivity contribution < 1.29 is 17.9 Å². The van der Waals surface area contributed by atoms with E-state index in [2.05, 4.69) is 0 Å². The van der Waals surface area contributed by atoms with Crippen molar-refractivity contribution in [1.82, 2.24) is 0 Å². The summed E-state index contributed by atoms with van der Waals surface area (Å²) in [5, 5.41) is 9.60. The highest BCUT2D eigenvalue weighted by Crippen LogP contribution is 2.34. The Morgan fingerprint density at radius 2 is 1.91 bits per heavy atom. The summed E-state index contributed by atoms with van der Waals surface area (Å²) < 4.78 is 43.4. The average Bonchev–Trinajstić information content (AvgIpc) is 2.48. The van der Waals surface area contributed by atoms with Gasteiger partial charge in [-0.05, 0) is 48.4 Å². The topological polar surface area (TPSA) is 33.0 Å². The number of hydrogen-bond acceptors (Lipinski definition) is 2. The number of halogens is 4. The van der Waals surface area contributed by atoms with E-state index in [1.54, 1.807) is 24.3 Å². The molecular formula is C16H11ClF3NO. The van der Waals surface area contributed by atoms with Gasteiger partial charge in [0, 0.05) is 5.02 Å². The largest absolute Gasteiger partial charge is 0.456 e. The molecular weight excluding hydrogens is 315 g/mol. The summed E-state index contributed by atoms with van der Waals surface area (Å²) in [7, 11) is 0. The van der Waals surface area contributed by atoms with E-state index in [1.165, 1.54) is 0 Å². The minimum absolute atomic E-state index is 0.0693. The molecule has 22 heavy (non-hydrogen) atoms. The molecule has 0 atom stereocenters. The number of aryl methyl sites for hydroxylation is 1. The zero-order chi connectivity index (χ0) is 16.3. The molecule has 0 aliphatic rings. The Morgan fingerprint density at radius 1 is 1.18 bits per heavy atom. The van der Waals surface area contributed by atoms with E-state index in [1.807, 2.05) is 6.92 Å². The van der Waals surface area contributed by atoms with Gasteiger partial charge < -0.3 is 4.74 Å². The number of rotatable bonds is 3. The number of hydrogen-bond donors (Lipinski definition) is 0. The fourth-order valence-electron chi connectivity index (χ4n) is 1.90. The van der Waals surface area contributed by atoms with Crippen molar-refractivity contribution in [2.24, 2.45) is 0 Å². The molecule has 0 saturated heterocycles. The Morgan fingerprint density at radius 3 is 2.50 bits per heavy atom. The second kappa shape index (κ2) is 6.29. The molecule has 0 amide bonds. The van der Waals surface area contributed by atoms with Crippen LogP contribution in [0, 0.1) is 11.3 Å². The average molecular weight is 326 g/mol. The number of ether oxygens (including phenoxy) is 1. The lowest BCUT2D eigenvalue weighted by atomic mass is 10.1. The third kappa shape index (κ3) is 3.52. The van der Waals surface area contributed by atoms with Crippen molar-refractivity contribution in [2.45, 2.75) is 19.5 Å². The van der Waals surface area contributed by atoms with Gasteiger partial charge in [0.25, 0.3) is 0 Å². The standard InChI is InChI=1S/C16H11ClF3NO/c1-2-10-8-13(4-5-14(10)17)22-15-6-3-12(16(18,19)20)7-11(15)9-21/h3-8H,2H2,1H3. The molecule has 114 valence electrons. The van der Waals surface area contributed by atoms with Crippen LogP contribution in [-0.4, -0.2) is 0 Å². The van der Waals surface area contributed by atoms with Crippen LogP contribution in [0.3, 0.4) is 0 Å². The van der Waals surface area contributed by atoms with Crippen molar-refractivity contribution in [2.75, 3.05) is 0 Å². The van der Waals surface area contributed by atoms with Gasteiger partial charge in [0.2, 0.25) is 0 Å². The molecule has 0 radical (unpaired) electrons.